The molecule has 4 nitrogen and oxygen atoms in total. The molecule has 6 heteroatoms. The second-order valence-corrected chi connectivity index (χ2v) is 8.20. The van der Waals surface area contributed by atoms with E-state index < -0.39 is 11.2 Å². The molecule has 0 unspecified atom stereocenters. The van der Waals surface area contributed by atoms with Crippen molar-refractivity contribution < 1.29 is 9.18 Å². The average Bonchev–Trinajstić information content (AvgIpc) is 3.15. The van der Waals surface area contributed by atoms with E-state index in [4.69, 9.17) is 10.7 Å². The number of likely N-dealkylation sites (tertiary alicyclic amines) is 1. The second-order valence-electron chi connectivity index (χ2n) is 7.29. The van der Waals surface area contributed by atoms with Crippen LogP contribution in [0.25, 0.3) is 11.1 Å². The van der Waals surface area contributed by atoms with Gasteiger partial charge in [0.2, 0.25) is 5.91 Å². The predicted molar refractivity (Wildman–Crippen MR) is 105 cm³/mol. The molecule has 3 rings (SSSR count). The zero-order chi connectivity index (χ0) is 19.8. The number of hydrogen-bond acceptors (Lipinski definition) is 4. The van der Waals surface area contributed by atoms with Gasteiger partial charge in [-0.25, -0.2) is 4.39 Å². The maximum Gasteiger partial charge on any atom is 0.231 e. The van der Waals surface area contributed by atoms with Gasteiger partial charge in [-0.3, -0.25) is 10.2 Å². The Labute approximate surface area is 162 Å². The largest absolute Gasteiger partial charge is 0.304 e. The van der Waals surface area contributed by atoms with Gasteiger partial charge in [-0.05, 0) is 41.1 Å². The third-order valence-electron chi connectivity index (χ3n) is 5.50. The number of benzene rings is 1. The van der Waals surface area contributed by atoms with Gasteiger partial charge in [-0.15, -0.1) is 11.3 Å². The molecule has 0 spiro atoms. The zero-order valence-corrected chi connectivity index (χ0v) is 16.5. The van der Waals surface area contributed by atoms with E-state index in [2.05, 4.69) is 13.8 Å². The summed E-state index contributed by atoms with van der Waals surface area (Å²) in [6.45, 7) is 4.13. The number of nitriles is 1. The molecule has 1 saturated heterocycles. The fraction of sp³-hybridized carbons (Fsp3) is 0.381. The molecule has 0 aliphatic carbocycles. The third kappa shape index (κ3) is 3.28. The average molecular weight is 383 g/mol. The maximum atomic E-state index is 13.6. The molecular formula is C21H22FN3OS. The summed E-state index contributed by atoms with van der Waals surface area (Å²) in [5.74, 6) is -0.366. The van der Waals surface area contributed by atoms with E-state index >= 15 is 0 Å². The van der Waals surface area contributed by atoms with Crippen LogP contribution in [-0.2, 0) is 10.2 Å². The molecular weight excluding hydrogens is 361 g/mol. The standard InChI is InChI=1S/C21H22FN3OS/c1-4-5-16-20(26)25(3)19(24)10-21(16,2)18-9-15(12-27-18)13-6-7-17(22)14(8-13)11-23/h6-9,12,16,24H,4-5,10H2,1-3H3/t16-,21-/m0/s1. The van der Waals surface area contributed by atoms with Crippen molar-refractivity contribution in [1.82, 2.24) is 4.90 Å². The van der Waals surface area contributed by atoms with Crippen molar-refractivity contribution in [3.63, 3.8) is 0 Å². The summed E-state index contributed by atoms with van der Waals surface area (Å²) in [5, 5.41) is 19.3. The van der Waals surface area contributed by atoms with E-state index in [1.165, 1.54) is 11.0 Å². The van der Waals surface area contributed by atoms with Gasteiger partial charge in [-0.2, -0.15) is 5.26 Å². The Balaban J connectivity index is 2.02. The monoisotopic (exact) mass is 383 g/mol. The van der Waals surface area contributed by atoms with Gasteiger partial charge in [0, 0.05) is 29.7 Å². The number of carbonyl (C=O) groups excluding carboxylic acids is 1. The first kappa shape index (κ1) is 19.2. The van der Waals surface area contributed by atoms with Crippen LogP contribution in [0.4, 0.5) is 4.39 Å². The lowest BCUT2D eigenvalue weighted by molar-refractivity contribution is -0.134. The summed E-state index contributed by atoms with van der Waals surface area (Å²) >= 11 is 1.56. The molecule has 0 saturated carbocycles. The van der Waals surface area contributed by atoms with Crippen molar-refractivity contribution in [3.8, 4) is 17.2 Å². The highest BCUT2D eigenvalue weighted by molar-refractivity contribution is 7.10. The van der Waals surface area contributed by atoms with Gasteiger partial charge in [0.25, 0.3) is 0 Å². The molecule has 1 N–H and O–H groups in total. The quantitative estimate of drug-likeness (QED) is 0.812. The normalized spacial score (nSPS) is 22.8. The summed E-state index contributed by atoms with van der Waals surface area (Å²) in [4.78, 5) is 15.3. The topological polar surface area (TPSA) is 68.0 Å². The van der Waals surface area contributed by atoms with Crippen molar-refractivity contribution in [2.75, 3.05) is 7.05 Å². The first-order valence-electron chi connectivity index (χ1n) is 8.95. The van der Waals surface area contributed by atoms with Gasteiger partial charge in [-0.1, -0.05) is 26.3 Å². The number of rotatable bonds is 4. The fourth-order valence-electron chi connectivity index (χ4n) is 3.80. The highest BCUT2D eigenvalue weighted by atomic mass is 32.1. The fourth-order valence-corrected chi connectivity index (χ4v) is 4.93. The molecule has 2 aromatic rings. The van der Waals surface area contributed by atoms with E-state index in [1.807, 2.05) is 17.5 Å². The lowest BCUT2D eigenvalue weighted by Gasteiger charge is -2.43. The van der Waals surface area contributed by atoms with Crippen LogP contribution >= 0.6 is 11.3 Å². The van der Waals surface area contributed by atoms with Crippen molar-refractivity contribution in [3.05, 3.63) is 45.9 Å². The van der Waals surface area contributed by atoms with E-state index in [0.717, 1.165) is 28.8 Å². The van der Waals surface area contributed by atoms with Crippen molar-refractivity contribution in [2.45, 2.75) is 38.5 Å². The van der Waals surface area contributed by atoms with Crippen LogP contribution in [-0.4, -0.2) is 23.7 Å². The van der Waals surface area contributed by atoms with Crippen LogP contribution < -0.4 is 0 Å². The van der Waals surface area contributed by atoms with Gasteiger partial charge < -0.3 is 4.90 Å². The summed E-state index contributed by atoms with van der Waals surface area (Å²) in [5.41, 5.74) is 1.27. The lowest BCUT2D eigenvalue weighted by atomic mass is 9.68. The van der Waals surface area contributed by atoms with E-state index in [9.17, 15) is 9.18 Å². The minimum Gasteiger partial charge on any atom is -0.304 e. The molecule has 2 heterocycles. The molecule has 1 fully saturated rings. The van der Waals surface area contributed by atoms with Crippen molar-refractivity contribution in [1.29, 1.82) is 10.7 Å². The first-order valence-corrected chi connectivity index (χ1v) is 9.83. The summed E-state index contributed by atoms with van der Waals surface area (Å²) in [6, 6.07) is 8.41. The Hall–Kier alpha value is -2.52. The van der Waals surface area contributed by atoms with Crippen LogP contribution in [0.3, 0.4) is 0 Å². The van der Waals surface area contributed by atoms with Gasteiger partial charge in [0.15, 0.2) is 0 Å². The van der Waals surface area contributed by atoms with Gasteiger partial charge >= 0.3 is 0 Å². The summed E-state index contributed by atoms with van der Waals surface area (Å²) < 4.78 is 13.6. The number of amides is 1. The number of nitrogens with zero attached hydrogens (tertiary/aromatic N) is 2. The molecule has 140 valence electrons. The molecule has 1 aliphatic rings. The maximum absolute atomic E-state index is 13.6. The van der Waals surface area contributed by atoms with Crippen LogP contribution in [0.5, 0.6) is 0 Å². The van der Waals surface area contributed by atoms with E-state index in [-0.39, 0.29) is 17.4 Å². The Morgan fingerprint density at radius 2 is 2.15 bits per heavy atom. The molecule has 27 heavy (non-hydrogen) atoms. The van der Waals surface area contributed by atoms with Crippen LogP contribution in [0.1, 0.15) is 43.6 Å². The van der Waals surface area contributed by atoms with Crippen LogP contribution in [0.15, 0.2) is 29.6 Å². The number of piperidine rings is 1. The number of thiophene rings is 1. The van der Waals surface area contributed by atoms with Gasteiger partial charge in [0.1, 0.15) is 17.7 Å². The highest BCUT2D eigenvalue weighted by Crippen LogP contribution is 2.46. The Morgan fingerprint density at radius 1 is 1.41 bits per heavy atom. The van der Waals surface area contributed by atoms with E-state index in [1.54, 1.807) is 30.5 Å². The number of hydrogen-bond donors (Lipinski definition) is 1. The van der Waals surface area contributed by atoms with Crippen molar-refractivity contribution >= 4 is 23.1 Å². The first-order chi connectivity index (χ1) is 12.8. The summed E-state index contributed by atoms with van der Waals surface area (Å²) in [6.07, 6.45) is 2.18. The van der Waals surface area contributed by atoms with Gasteiger partial charge in [0.05, 0.1) is 5.56 Å². The Morgan fingerprint density at radius 3 is 2.81 bits per heavy atom. The zero-order valence-electron chi connectivity index (χ0n) is 15.7. The molecule has 1 aliphatic heterocycles. The SMILES string of the molecule is CCC[C@H]1C(=O)N(C)C(=N)C[C@]1(C)c1cc(-c2ccc(F)c(C#N)c2)cs1. The molecule has 0 bridgehead atoms. The molecule has 1 aromatic carbocycles. The summed E-state index contributed by atoms with van der Waals surface area (Å²) in [7, 11) is 1.68. The van der Waals surface area contributed by atoms with Crippen LogP contribution in [0.2, 0.25) is 0 Å². The lowest BCUT2D eigenvalue weighted by Crippen LogP contribution is -2.53. The third-order valence-corrected chi connectivity index (χ3v) is 6.71. The Kier molecular flexibility index (Phi) is 5.16. The minimum atomic E-state index is -0.527. The number of carbonyl (C=O) groups is 1. The molecule has 0 radical (unpaired) electrons. The number of halogens is 1. The highest BCUT2D eigenvalue weighted by Gasteiger charge is 2.47. The molecule has 1 amide bonds. The van der Waals surface area contributed by atoms with Crippen molar-refractivity contribution in [2.24, 2.45) is 5.92 Å². The second kappa shape index (κ2) is 7.24. The molecule has 2 atom stereocenters. The number of nitrogens with one attached hydrogen (secondary N) is 1. The molecule has 1 aromatic heterocycles. The van der Waals surface area contributed by atoms with E-state index in [0.29, 0.717) is 12.3 Å². The van der Waals surface area contributed by atoms with Crippen LogP contribution in [0, 0.1) is 28.5 Å². The number of amidine groups is 1. The minimum absolute atomic E-state index is 0.000834. The Bertz CT molecular complexity index is 945. The predicted octanol–water partition coefficient (Wildman–Crippen LogP) is 4.94. The smallest absolute Gasteiger partial charge is 0.231 e.